The fraction of sp³-hybridized carbons (Fsp3) is 0.455. The van der Waals surface area contributed by atoms with Crippen molar-refractivity contribution in [1.29, 1.82) is 0 Å². The maximum absolute atomic E-state index is 12.8. The Morgan fingerprint density at radius 3 is 3.00 bits per heavy atom. The van der Waals surface area contributed by atoms with E-state index in [1.807, 2.05) is 17.8 Å². The molecule has 0 aliphatic heterocycles. The van der Waals surface area contributed by atoms with E-state index in [0.29, 0.717) is 0 Å². The van der Waals surface area contributed by atoms with Crippen LogP contribution in [0.5, 0.6) is 0 Å². The fourth-order valence-electron chi connectivity index (χ4n) is 1.22. The van der Waals surface area contributed by atoms with Crippen LogP contribution in [0.1, 0.15) is 12.0 Å². The van der Waals surface area contributed by atoms with Gasteiger partial charge in [0.15, 0.2) is 0 Å². The van der Waals surface area contributed by atoms with Crippen molar-refractivity contribution in [2.75, 3.05) is 18.6 Å². The van der Waals surface area contributed by atoms with Crippen LogP contribution in [0.15, 0.2) is 24.3 Å². The second kappa shape index (κ2) is 6.85. The maximum Gasteiger partial charge on any atom is 0.123 e. The first-order valence-electron chi connectivity index (χ1n) is 4.77. The Kier molecular flexibility index (Phi) is 5.64. The average molecular weight is 213 g/mol. The Labute approximate surface area is 89.1 Å². The van der Waals surface area contributed by atoms with Crippen LogP contribution in [0.2, 0.25) is 0 Å². The SMILES string of the molecule is CSCCCNCc1cccc(F)c1. The zero-order valence-corrected chi connectivity index (χ0v) is 9.24. The van der Waals surface area contributed by atoms with Gasteiger partial charge in [-0.2, -0.15) is 11.8 Å². The number of hydrogen-bond donors (Lipinski definition) is 1. The number of hydrogen-bond acceptors (Lipinski definition) is 2. The molecule has 1 aromatic carbocycles. The third-order valence-electron chi connectivity index (χ3n) is 1.92. The molecule has 1 N–H and O–H groups in total. The first-order chi connectivity index (χ1) is 6.83. The number of benzene rings is 1. The van der Waals surface area contributed by atoms with Crippen LogP contribution in [0.25, 0.3) is 0 Å². The molecule has 3 heteroatoms. The lowest BCUT2D eigenvalue weighted by Gasteiger charge is -2.03. The third-order valence-corrected chi connectivity index (χ3v) is 2.62. The fourth-order valence-corrected chi connectivity index (χ4v) is 1.65. The van der Waals surface area contributed by atoms with E-state index in [0.717, 1.165) is 25.1 Å². The zero-order valence-electron chi connectivity index (χ0n) is 8.42. The zero-order chi connectivity index (χ0) is 10.2. The Morgan fingerprint density at radius 2 is 2.29 bits per heavy atom. The van der Waals surface area contributed by atoms with E-state index in [1.54, 1.807) is 12.1 Å². The average Bonchev–Trinajstić information content (AvgIpc) is 2.18. The molecule has 14 heavy (non-hydrogen) atoms. The van der Waals surface area contributed by atoms with Crippen LogP contribution < -0.4 is 5.32 Å². The lowest BCUT2D eigenvalue weighted by atomic mass is 10.2. The minimum atomic E-state index is -0.159. The summed E-state index contributed by atoms with van der Waals surface area (Å²) in [6, 6.07) is 6.72. The van der Waals surface area contributed by atoms with Gasteiger partial charge in [0.25, 0.3) is 0 Å². The van der Waals surface area contributed by atoms with Crippen LogP contribution in [-0.2, 0) is 6.54 Å². The standard InChI is InChI=1S/C11H16FNS/c1-14-7-3-6-13-9-10-4-2-5-11(12)8-10/h2,4-5,8,13H,3,6-7,9H2,1H3. The number of nitrogens with one attached hydrogen (secondary N) is 1. The maximum atomic E-state index is 12.8. The van der Waals surface area contributed by atoms with Crippen molar-refractivity contribution < 1.29 is 4.39 Å². The quantitative estimate of drug-likeness (QED) is 0.729. The highest BCUT2D eigenvalue weighted by molar-refractivity contribution is 7.98. The molecule has 0 saturated carbocycles. The monoisotopic (exact) mass is 213 g/mol. The largest absolute Gasteiger partial charge is 0.313 e. The number of rotatable bonds is 6. The summed E-state index contributed by atoms with van der Waals surface area (Å²) in [5.41, 5.74) is 1.01. The number of thioether (sulfide) groups is 1. The molecule has 0 spiro atoms. The van der Waals surface area contributed by atoms with Crippen molar-refractivity contribution in [2.24, 2.45) is 0 Å². The summed E-state index contributed by atoms with van der Waals surface area (Å²) in [7, 11) is 0. The van der Waals surface area contributed by atoms with Crippen LogP contribution in [0, 0.1) is 5.82 Å². The van der Waals surface area contributed by atoms with Gasteiger partial charge in [-0.3, -0.25) is 0 Å². The molecule has 0 radical (unpaired) electrons. The predicted molar refractivity (Wildman–Crippen MR) is 61.1 cm³/mol. The van der Waals surface area contributed by atoms with E-state index in [-0.39, 0.29) is 5.82 Å². The van der Waals surface area contributed by atoms with Crippen LogP contribution in [0.3, 0.4) is 0 Å². The van der Waals surface area contributed by atoms with Crippen LogP contribution in [-0.4, -0.2) is 18.6 Å². The molecule has 0 unspecified atom stereocenters. The first-order valence-corrected chi connectivity index (χ1v) is 6.16. The van der Waals surface area contributed by atoms with Crippen molar-refractivity contribution in [3.63, 3.8) is 0 Å². The molecule has 0 aliphatic rings. The molecule has 1 nitrogen and oxygen atoms in total. The topological polar surface area (TPSA) is 12.0 Å². The highest BCUT2D eigenvalue weighted by atomic mass is 32.2. The molecule has 0 atom stereocenters. The van der Waals surface area contributed by atoms with E-state index in [1.165, 1.54) is 11.8 Å². The van der Waals surface area contributed by atoms with Crippen molar-refractivity contribution in [2.45, 2.75) is 13.0 Å². The van der Waals surface area contributed by atoms with Gasteiger partial charge < -0.3 is 5.32 Å². The molecule has 0 aromatic heterocycles. The van der Waals surface area contributed by atoms with Crippen molar-refractivity contribution >= 4 is 11.8 Å². The highest BCUT2D eigenvalue weighted by Gasteiger charge is 1.94. The second-order valence-corrected chi connectivity index (χ2v) is 4.14. The second-order valence-electron chi connectivity index (χ2n) is 3.15. The van der Waals surface area contributed by atoms with Crippen molar-refractivity contribution in [3.05, 3.63) is 35.6 Å². The molecule has 1 aromatic rings. The smallest absolute Gasteiger partial charge is 0.123 e. The summed E-state index contributed by atoms with van der Waals surface area (Å²) in [5, 5.41) is 3.28. The van der Waals surface area contributed by atoms with E-state index in [9.17, 15) is 4.39 Å². The summed E-state index contributed by atoms with van der Waals surface area (Å²) in [4.78, 5) is 0. The number of halogens is 1. The van der Waals surface area contributed by atoms with Gasteiger partial charge in [0.2, 0.25) is 0 Å². The van der Waals surface area contributed by atoms with Crippen molar-refractivity contribution in [1.82, 2.24) is 5.32 Å². The molecule has 78 valence electrons. The Morgan fingerprint density at radius 1 is 1.43 bits per heavy atom. The minimum Gasteiger partial charge on any atom is -0.313 e. The Bertz CT molecular complexity index is 265. The van der Waals surface area contributed by atoms with E-state index in [2.05, 4.69) is 11.6 Å². The van der Waals surface area contributed by atoms with Gasteiger partial charge in [-0.15, -0.1) is 0 Å². The van der Waals surface area contributed by atoms with Gasteiger partial charge in [-0.25, -0.2) is 4.39 Å². The van der Waals surface area contributed by atoms with Crippen molar-refractivity contribution in [3.8, 4) is 0 Å². The van der Waals surface area contributed by atoms with Gasteiger partial charge in [-0.1, -0.05) is 12.1 Å². The van der Waals surface area contributed by atoms with Gasteiger partial charge in [0, 0.05) is 6.54 Å². The molecular formula is C11H16FNS. The molecule has 0 heterocycles. The lowest BCUT2D eigenvalue weighted by molar-refractivity contribution is 0.619. The molecule has 0 amide bonds. The summed E-state index contributed by atoms with van der Waals surface area (Å²) < 4.78 is 12.8. The molecule has 1 rings (SSSR count). The van der Waals surface area contributed by atoms with Gasteiger partial charge >= 0.3 is 0 Å². The van der Waals surface area contributed by atoms with E-state index in [4.69, 9.17) is 0 Å². The summed E-state index contributed by atoms with van der Waals surface area (Å²) in [5.74, 6) is 1.02. The lowest BCUT2D eigenvalue weighted by Crippen LogP contribution is -2.15. The summed E-state index contributed by atoms with van der Waals surface area (Å²) >= 11 is 1.85. The Balaban J connectivity index is 2.18. The molecule has 0 fully saturated rings. The van der Waals surface area contributed by atoms with E-state index >= 15 is 0 Å². The molecule has 0 aliphatic carbocycles. The third kappa shape index (κ3) is 4.63. The predicted octanol–water partition coefficient (Wildman–Crippen LogP) is 2.67. The van der Waals surface area contributed by atoms with Gasteiger partial charge in [0.05, 0.1) is 0 Å². The summed E-state index contributed by atoms with van der Waals surface area (Å²) in [6.45, 7) is 1.75. The normalized spacial score (nSPS) is 10.4. The van der Waals surface area contributed by atoms with E-state index < -0.39 is 0 Å². The van der Waals surface area contributed by atoms with Gasteiger partial charge in [0.1, 0.15) is 5.82 Å². The highest BCUT2D eigenvalue weighted by Crippen LogP contribution is 2.02. The molecular weight excluding hydrogens is 197 g/mol. The Hall–Kier alpha value is -0.540. The minimum absolute atomic E-state index is 0.159. The van der Waals surface area contributed by atoms with Crippen LogP contribution >= 0.6 is 11.8 Å². The molecule has 0 bridgehead atoms. The van der Waals surface area contributed by atoms with Crippen LogP contribution in [0.4, 0.5) is 4.39 Å². The van der Waals surface area contributed by atoms with Gasteiger partial charge in [-0.05, 0) is 42.7 Å². The summed E-state index contributed by atoms with van der Waals surface area (Å²) in [6.07, 6.45) is 3.27. The molecule has 0 saturated heterocycles. The first kappa shape index (κ1) is 11.5.